The molecule has 23 heavy (non-hydrogen) atoms. The molecule has 0 bridgehead atoms. The zero-order chi connectivity index (χ0) is 18.0. The molecule has 1 N–H and O–H groups in total. The van der Waals surface area contributed by atoms with Crippen LogP contribution in [0.3, 0.4) is 0 Å². The second-order valence-electron chi connectivity index (χ2n) is 6.94. The standard InChI is InChI=1S/C16H26O6Si/c1-8-20-14(18)10(2)13(11-9-12(17)21-15(11)19)22-23(6,7)16(3,4)5/h9,13,15,19H,2,8H2,1,3-7H3/t13-,15?/m1/s1. The van der Waals surface area contributed by atoms with Gasteiger partial charge in [-0.2, -0.15) is 0 Å². The lowest BCUT2D eigenvalue weighted by atomic mass is 10.0. The molecule has 0 fully saturated rings. The molecule has 1 rings (SSSR count). The summed E-state index contributed by atoms with van der Waals surface area (Å²) in [6, 6.07) is 0. The number of cyclic esters (lactones) is 1. The van der Waals surface area contributed by atoms with E-state index in [9.17, 15) is 14.7 Å². The van der Waals surface area contributed by atoms with E-state index >= 15 is 0 Å². The summed E-state index contributed by atoms with van der Waals surface area (Å²) in [5, 5.41) is 9.79. The van der Waals surface area contributed by atoms with Gasteiger partial charge in [-0.05, 0) is 25.1 Å². The number of carbonyl (C=O) groups is 2. The topological polar surface area (TPSA) is 82.1 Å². The number of esters is 2. The van der Waals surface area contributed by atoms with Crippen LogP contribution in [0.15, 0.2) is 23.8 Å². The number of hydrogen-bond acceptors (Lipinski definition) is 6. The first-order valence-electron chi connectivity index (χ1n) is 7.54. The van der Waals surface area contributed by atoms with Gasteiger partial charge in [0.2, 0.25) is 6.29 Å². The van der Waals surface area contributed by atoms with Crippen molar-refractivity contribution in [1.82, 2.24) is 0 Å². The lowest BCUT2D eigenvalue weighted by molar-refractivity contribution is -0.151. The molecule has 0 amide bonds. The third-order valence-corrected chi connectivity index (χ3v) is 8.61. The fourth-order valence-electron chi connectivity index (χ4n) is 1.77. The average molecular weight is 342 g/mol. The molecule has 1 heterocycles. The summed E-state index contributed by atoms with van der Waals surface area (Å²) in [5.74, 6) is -1.29. The number of aliphatic hydroxyl groups excluding tert-OH is 1. The van der Waals surface area contributed by atoms with Gasteiger partial charge in [0.1, 0.15) is 6.10 Å². The Balaban J connectivity index is 3.18. The summed E-state index contributed by atoms with van der Waals surface area (Å²) in [7, 11) is -2.31. The molecule has 0 spiro atoms. The summed E-state index contributed by atoms with van der Waals surface area (Å²) >= 11 is 0. The maximum absolute atomic E-state index is 12.0. The highest BCUT2D eigenvalue weighted by Gasteiger charge is 2.44. The molecule has 1 aliphatic rings. The molecule has 2 atom stereocenters. The van der Waals surface area contributed by atoms with Crippen molar-refractivity contribution in [1.29, 1.82) is 0 Å². The molecule has 0 saturated carbocycles. The summed E-state index contributed by atoms with van der Waals surface area (Å²) in [4.78, 5) is 23.4. The van der Waals surface area contributed by atoms with E-state index in [-0.39, 0.29) is 22.8 Å². The number of hydrogen-bond donors (Lipinski definition) is 1. The Hall–Kier alpha value is -1.44. The SMILES string of the molecule is C=C(C(=O)OCC)[C@@H](O[Si](C)(C)C(C)(C)C)C1=CC(=O)OC1O. The Bertz CT molecular complexity index is 529. The number of rotatable bonds is 6. The highest BCUT2D eigenvalue weighted by Crippen LogP contribution is 2.39. The molecule has 1 aliphatic heterocycles. The molecule has 0 aromatic rings. The molecule has 130 valence electrons. The first kappa shape index (κ1) is 19.6. The number of carbonyl (C=O) groups excluding carboxylic acids is 2. The minimum atomic E-state index is -2.31. The number of ether oxygens (including phenoxy) is 2. The smallest absolute Gasteiger partial charge is 0.336 e. The van der Waals surface area contributed by atoms with Gasteiger partial charge in [-0.15, -0.1) is 0 Å². The number of aliphatic hydroxyl groups is 1. The summed E-state index contributed by atoms with van der Waals surface area (Å²) in [6.07, 6.45) is -1.24. The van der Waals surface area contributed by atoms with Gasteiger partial charge in [0.15, 0.2) is 8.32 Å². The van der Waals surface area contributed by atoms with E-state index in [1.54, 1.807) is 6.92 Å². The second kappa shape index (κ2) is 6.98. The van der Waals surface area contributed by atoms with Crippen LogP contribution in [0.2, 0.25) is 18.1 Å². The van der Waals surface area contributed by atoms with Gasteiger partial charge >= 0.3 is 11.9 Å². The van der Waals surface area contributed by atoms with Crippen LogP contribution in [-0.4, -0.2) is 44.4 Å². The van der Waals surface area contributed by atoms with Crippen molar-refractivity contribution in [3.8, 4) is 0 Å². The van der Waals surface area contributed by atoms with Crippen LogP contribution in [0.25, 0.3) is 0 Å². The van der Waals surface area contributed by atoms with Gasteiger partial charge in [-0.1, -0.05) is 27.4 Å². The Morgan fingerprint density at radius 3 is 2.43 bits per heavy atom. The zero-order valence-electron chi connectivity index (χ0n) is 14.6. The molecule has 0 radical (unpaired) electrons. The maximum atomic E-state index is 12.0. The van der Waals surface area contributed by atoms with E-state index in [4.69, 9.17) is 13.9 Å². The van der Waals surface area contributed by atoms with E-state index in [2.05, 4.69) is 6.58 Å². The lowest BCUT2D eigenvalue weighted by Gasteiger charge is -2.39. The van der Waals surface area contributed by atoms with Crippen molar-refractivity contribution in [3.05, 3.63) is 23.8 Å². The third-order valence-electron chi connectivity index (χ3n) is 4.17. The molecule has 0 aliphatic carbocycles. The normalized spacial score (nSPS) is 19.9. The average Bonchev–Trinajstić information content (AvgIpc) is 2.73. The van der Waals surface area contributed by atoms with Crippen LogP contribution in [-0.2, 0) is 23.5 Å². The van der Waals surface area contributed by atoms with Crippen molar-refractivity contribution in [2.75, 3.05) is 6.61 Å². The van der Waals surface area contributed by atoms with E-state index in [1.807, 2.05) is 33.9 Å². The Morgan fingerprint density at radius 2 is 2.04 bits per heavy atom. The first-order chi connectivity index (χ1) is 10.4. The predicted molar refractivity (Wildman–Crippen MR) is 88.0 cm³/mol. The molecule has 0 aromatic heterocycles. The van der Waals surface area contributed by atoms with Crippen LogP contribution in [0, 0.1) is 0 Å². The molecule has 6 nitrogen and oxygen atoms in total. The van der Waals surface area contributed by atoms with Crippen LogP contribution in [0.4, 0.5) is 0 Å². The van der Waals surface area contributed by atoms with Crippen molar-refractivity contribution < 1.29 is 28.6 Å². The molecule has 0 saturated heterocycles. The van der Waals surface area contributed by atoms with Crippen molar-refractivity contribution >= 4 is 20.3 Å². The third kappa shape index (κ3) is 4.52. The van der Waals surface area contributed by atoms with E-state index in [0.717, 1.165) is 6.08 Å². The van der Waals surface area contributed by atoms with Gasteiger partial charge in [0.25, 0.3) is 0 Å². The molecular formula is C16H26O6Si. The quantitative estimate of drug-likeness (QED) is 0.453. The van der Waals surface area contributed by atoms with Gasteiger partial charge in [-0.25, -0.2) is 9.59 Å². The van der Waals surface area contributed by atoms with E-state index < -0.39 is 32.6 Å². The second-order valence-corrected chi connectivity index (χ2v) is 11.7. The van der Waals surface area contributed by atoms with E-state index in [0.29, 0.717) is 0 Å². The van der Waals surface area contributed by atoms with Gasteiger partial charge in [0.05, 0.1) is 12.2 Å². The predicted octanol–water partition coefficient (Wildman–Crippen LogP) is 2.30. The fraction of sp³-hybridized carbons (Fsp3) is 0.625. The highest BCUT2D eigenvalue weighted by atomic mass is 28.4. The van der Waals surface area contributed by atoms with Crippen molar-refractivity contribution in [3.63, 3.8) is 0 Å². The van der Waals surface area contributed by atoms with Crippen LogP contribution in [0.5, 0.6) is 0 Å². The lowest BCUT2D eigenvalue weighted by Crippen LogP contribution is -2.46. The Kier molecular flexibility index (Phi) is 5.95. The van der Waals surface area contributed by atoms with E-state index in [1.165, 1.54) is 0 Å². The van der Waals surface area contributed by atoms with Crippen molar-refractivity contribution in [2.45, 2.75) is 58.2 Å². The molecule has 7 heteroatoms. The molecule has 0 aromatic carbocycles. The van der Waals surface area contributed by atoms with Gasteiger partial charge in [-0.3, -0.25) is 0 Å². The summed E-state index contributed by atoms with van der Waals surface area (Å²) < 4.78 is 15.9. The minimum Gasteiger partial charge on any atom is -0.463 e. The van der Waals surface area contributed by atoms with Crippen molar-refractivity contribution in [2.24, 2.45) is 0 Å². The monoisotopic (exact) mass is 342 g/mol. The fourth-order valence-corrected chi connectivity index (χ4v) is 2.99. The van der Waals surface area contributed by atoms with Crippen LogP contribution < -0.4 is 0 Å². The molecular weight excluding hydrogens is 316 g/mol. The minimum absolute atomic E-state index is 0.0419. The first-order valence-corrected chi connectivity index (χ1v) is 10.5. The van der Waals surface area contributed by atoms with Crippen LogP contribution in [0.1, 0.15) is 27.7 Å². The summed E-state index contributed by atoms with van der Waals surface area (Å²) in [5.41, 5.74) is 0.221. The summed E-state index contributed by atoms with van der Waals surface area (Å²) in [6.45, 7) is 15.8. The largest absolute Gasteiger partial charge is 0.463 e. The Labute approximate surface area is 138 Å². The van der Waals surface area contributed by atoms with Crippen LogP contribution >= 0.6 is 0 Å². The van der Waals surface area contributed by atoms with Gasteiger partial charge < -0.3 is 19.0 Å². The Morgan fingerprint density at radius 1 is 1.48 bits per heavy atom. The molecule has 1 unspecified atom stereocenters. The zero-order valence-corrected chi connectivity index (χ0v) is 15.6. The van der Waals surface area contributed by atoms with Gasteiger partial charge in [0, 0.05) is 11.6 Å². The highest BCUT2D eigenvalue weighted by molar-refractivity contribution is 6.74. The maximum Gasteiger partial charge on any atom is 0.336 e.